The van der Waals surface area contributed by atoms with E-state index in [1.807, 2.05) is 0 Å². The molecular formula is C9H10Br2N4O. The molecule has 1 atom stereocenters. The van der Waals surface area contributed by atoms with Crippen LogP contribution in [0.25, 0.3) is 0 Å². The second-order valence-electron chi connectivity index (χ2n) is 3.51. The Kier molecular flexibility index (Phi) is 3.88. The van der Waals surface area contributed by atoms with Crippen molar-refractivity contribution in [3.8, 4) is 0 Å². The van der Waals surface area contributed by atoms with Crippen molar-refractivity contribution in [3.05, 3.63) is 15.4 Å². The fourth-order valence-corrected chi connectivity index (χ4v) is 2.44. The van der Waals surface area contributed by atoms with Crippen molar-refractivity contribution < 1.29 is 4.79 Å². The zero-order valence-electron chi connectivity index (χ0n) is 8.33. The Bertz CT molecular complexity index is 406. The molecule has 1 saturated heterocycles. The van der Waals surface area contributed by atoms with Crippen LogP contribution in [0.15, 0.2) is 15.4 Å². The summed E-state index contributed by atoms with van der Waals surface area (Å²) in [6, 6.07) is 0. The standard InChI is InChI=1S/C9H10Br2N4O/c10-6-4-13-8(7(11)14-6)15-9(16)5-1-2-12-3-5/h4-5,12H,1-3H2,(H,13,15,16). The van der Waals surface area contributed by atoms with Crippen LogP contribution in [0.5, 0.6) is 0 Å². The van der Waals surface area contributed by atoms with Gasteiger partial charge in [-0.25, -0.2) is 9.97 Å². The van der Waals surface area contributed by atoms with Crippen LogP contribution in [0.3, 0.4) is 0 Å². The van der Waals surface area contributed by atoms with Crippen LogP contribution in [0.2, 0.25) is 0 Å². The minimum Gasteiger partial charge on any atom is -0.316 e. The number of nitrogens with zero attached hydrogens (tertiary/aromatic N) is 2. The Morgan fingerprint density at radius 3 is 3.00 bits per heavy atom. The highest BCUT2D eigenvalue weighted by Crippen LogP contribution is 2.20. The second kappa shape index (κ2) is 5.20. The minimum absolute atomic E-state index is 0.0117. The molecule has 0 spiro atoms. The normalized spacial score (nSPS) is 19.8. The highest BCUT2D eigenvalue weighted by atomic mass is 79.9. The molecule has 0 radical (unpaired) electrons. The highest BCUT2D eigenvalue weighted by Gasteiger charge is 2.23. The molecule has 0 saturated carbocycles. The second-order valence-corrected chi connectivity index (χ2v) is 5.07. The van der Waals surface area contributed by atoms with E-state index in [1.54, 1.807) is 6.20 Å². The van der Waals surface area contributed by atoms with Crippen LogP contribution in [-0.2, 0) is 4.79 Å². The van der Waals surface area contributed by atoms with Crippen molar-refractivity contribution in [3.63, 3.8) is 0 Å². The molecule has 86 valence electrons. The summed E-state index contributed by atoms with van der Waals surface area (Å²) in [4.78, 5) is 20.0. The van der Waals surface area contributed by atoms with Crippen molar-refractivity contribution >= 4 is 43.6 Å². The van der Waals surface area contributed by atoms with E-state index in [1.165, 1.54) is 0 Å². The van der Waals surface area contributed by atoms with E-state index in [9.17, 15) is 4.79 Å². The molecule has 0 aliphatic carbocycles. The highest BCUT2D eigenvalue weighted by molar-refractivity contribution is 9.11. The number of halogens is 2. The lowest BCUT2D eigenvalue weighted by Gasteiger charge is -2.09. The van der Waals surface area contributed by atoms with E-state index >= 15 is 0 Å². The molecule has 0 bridgehead atoms. The van der Waals surface area contributed by atoms with Gasteiger partial charge < -0.3 is 10.6 Å². The zero-order chi connectivity index (χ0) is 11.5. The molecule has 2 N–H and O–H groups in total. The smallest absolute Gasteiger partial charge is 0.230 e. The Hall–Kier alpha value is -0.530. The number of hydrogen-bond acceptors (Lipinski definition) is 4. The monoisotopic (exact) mass is 348 g/mol. The fourth-order valence-electron chi connectivity index (χ4n) is 1.53. The summed E-state index contributed by atoms with van der Waals surface area (Å²) in [5, 5.41) is 5.91. The van der Waals surface area contributed by atoms with Gasteiger partial charge in [-0.05, 0) is 44.8 Å². The van der Waals surface area contributed by atoms with Crippen molar-refractivity contribution in [2.45, 2.75) is 6.42 Å². The number of aromatic nitrogens is 2. The van der Waals surface area contributed by atoms with Crippen LogP contribution in [0.4, 0.5) is 5.82 Å². The van der Waals surface area contributed by atoms with Crippen LogP contribution >= 0.6 is 31.9 Å². The molecule has 2 rings (SSSR count). The van der Waals surface area contributed by atoms with E-state index in [2.05, 4.69) is 52.5 Å². The largest absolute Gasteiger partial charge is 0.316 e. The van der Waals surface area contributed by atoms with Crippen molar-refractivity contribution in [2.75, 3.05) is 18.4 Å². The molecule has 5 nitrogen and oxygen atoms in total. The molecular weight excluding hydrogens is 340 g/mol. The zero-order valence-corrected chi connectivity index (χ0v) is 11.5. The van der Waals surface area contributed by atoms with Gasteiger partial charge in [0.15, 0.2) is 5.82 Å². The Morgan fingerprint density at radius 1 is 1.56 bits per heavy atom. The molecule has 1 aromatic heterocycles. The number of carbonyl (C=O) groups is 1. The van der Waals surface area contributed by atoms with Gasteiger partial charge in [-0.2, -0.15) is 0 Å². The molecule has 1 aliphatic rings. The third kappa shape index (κ3) is 2.78. The van der Waals surface area contributed by atoms with Crippen molar-refractivity contribution in [1.82, 2.24) is 15.3 Å². The van der Waals surface area contributed by atoms with Gasteiger partial charge in [0.25, 0.3) is 0 Å². The average molecular weight is 350 g/mol. The number of rotatable bonds is 2. The summed E-state index contributed by atoms with van der Waals surface area (Å²) in [5.74, 6) is 0.472. The maximum Gasteiger partial charge on any atom is 0.230 e. The average Bonchev–Trinajstić information content (AvgIpc) is 2.75. The van der Waals surface area contributed by atoms with E-state index in [4.69, 9.17) is 0 Å². The van der Waals surface area contributed by atoms with Gasteiger partial charge in [0.2, 0.25) is 5.91 Å². The molecule has 1 fully saturated rings. The lowest BCUT2D eigenvalue weighted by molar-refractivity contribution is -0.119. The van der Waals surface area contributed by atoms with E-state index in [0.717, 1.165) is 19.5 Å². The summed E-state index contributed by atoms with van der Waals surface area (Å²) in [7, 11) is 0. The lowest BCUT2D eigenvalue weighted by Crippen LogP contribution is -2.25. The van der Waals surface area contributed by atoms with Crippen LogP contribution < -0.4 is 10.6 Å². The summed E-state index contributed by atoms with van der Waals surface area (Å²) < 4.78 is 1.15. The Balaban J connectivity index is 2.05. The van der Waals surface area contributed by atoms with Gasteiger partial charge in [-0.3, -0.25) is 4.79 Å². The first-order valence-corrected chi connectivity index (χ1v) is 6.45. The first-order valence-electron chi connectivity index (χ1n) is 4.86. The molecule has 7 heteroatoms. The predicted octanol–water partition coefficient (Wildman–Crippen LogP) is 1.55. The first-order chi connectivity index (χ1) is 7.66. The SMILES string of the molecule is O=C(Nc1ncc(Br)nc1Br)C1CCNC1. The molecule has 16 heavy (non-hydrogen) atoms. The lowest BCUT2D eigenvalue weighted by atomic mass is 10.1. The number of nitrogens with one attached hydrogen (secondary N) is 2. The van der Waals surface area contributed by atoms with E-state index < -0.39 is 0 Å². The van der Waals surface area contributed by atoms with Gasteiger partial charge in [-0.15, -0.1) is 0 Å². The maximum atomic E-state index is 11.8. The van der Waals surface area contributed by atoms with Gasteiger partial charge in [0.05, 0.1) is 12.1 Å². The molecule has 1 aromatic rings. The molecule has 2 heterocycles. The van der Waals surface area contributed by atoms with E-state index in [-0.39, 0.29) is 11.8 Å². The summed E-state index contributed by atoms with van der Waals surface area (Å²) in [6.45, 7) is 1.62. The number of carbonyl (C=O) groups excluding carboxylic acids is 1. The Labute approximate surface area is 110 Å². The van der Waals surface area contributed by atoms with Crippen molar-refractivity contribution in [1.29, 1.82) is 0 Å². The third-order valence-electron chi connectivity index (χ3n) is 2.37. The molecule has 1 aliphatic heterocycles. The summed E-state index contributed by atoms with van der Waals surface area (Å²) >= 11 is 6.45. The topological polar surface area (TPSA) is 66.9 Å². The van der Waals surface area contributed by atoms with Crippen LogP contribution in [0.1, 0.15) is 6.42 Å². The Morgan fingerprint density at radius 2 is 2.38 bits per heavy atom. The number of amides is 1. The van der Waals surface area contributed by atoms with Gasteiger partial charge >= 0.3 is 0 Å². The van der Waals surface area contributed by atoms with Crippen LogP contribution in [-0.4, -0.2) is 29.0 Å². The molecule has 1 unspecified atom stereocenters. The van der Waals surface area contributed by atoms with Crippen LogP contribution in [0, 0.1) is 5.92 Å². The number of anilines is 1. The molecule has 1 amide bonds. The quantitative estimate of drug-likeness (QED) is 0.850. The number of hydrogen-bond donors (Lipinski definition) is 2. The maximum absolute atomic E-state index is 11.8. The van der Waals surface area contributed by atoms with E-state index in [0.29, 0.717) is 15.0 Å². The van der Waals surface area contributed by atoms with Gasteiger partial charge in [-0.1, -0.05) is 0 Å². The van der Waals surface area contributed by atoms with Gasteiger partial charge in [0, 0.05) is 6.54 Å². The fraction of sp³-hybridized carbons (Fsp3) is 0.444. The van der Waals surface area contributed by atoms with Gasteiger partial charge in [0.1, 0.15) is 9.21 Å². The molecule has 0 aromatic carbocycles. The minimum atomic E-state index is -0.0117. The first kappa shape index (κ1) is 11.9. The predicted molar refractivity (Wildman–Crippen MR) is 67.0 cm³/mol. The summed E-state index contributed by atoms with van der Waals surface area (Å²) in [6.07, 6.45) is 2.42. The summed E-state index contributed by atoms with van der Waals surface area (Å²) in [5.41, 5.74) is 0. The third-order valence-corrected chi connectivity index (χ3v) is 3.31. The van der Waals surface area contributed by atoms with Crippen molar-refractivity contribution in [2.24, 2.45) is 5.92 Å².